The SMILES string of the molecule is CCNC(=O)C(CC)N(Cc1ccccc1C)C(=O)CSCc1ccccc1F. The summed E-state index contributed by atoms with van der Waals surface area (Å²) in [5.74, 6) is 0.0757. The highest BCUT2D eigenvalue weighted by Crippen LogP contribution is 2.19. The van der Waals surface area contributed by atoms with Crippen molar-refractivity contribution in [3.8, 4) is 0 Å². The van der Waals surface area contributed by atoms with Crippen LogP contribution in [0.5, 0.6) is 0 Å². The maximum Gasteiger partial charge on any atom is 0.242 e. The summed E-state index contributed by atoms with van der Waals surface area (Å²) in [6, 6.07) is 13.9. The third-order valence-corrected chi connectivity index (χ3v) is 5.75. The number of carbonyl (C=O) groups is 2. The highest BCUT2D eigenvalue weighted by atomic mass is 32.2. The minimum Gasteiger partial charge on any atom is -0.355 e. The van der Waals surface area contributed by atoms with E-state index in [2.05, 4.69) is 5.32 Å². The highest BCUT2D eigenvalue weighted by Gasteiger charge is 2.28. The van der Waals surface area contributed by atoms with Crippen molar-refractivity contribution in [3.63, 3.8) is 0 Å². The lowest BCUT2D eigenvalue weighted by atomic mass is 10.1. The second-order valence-electron chi connectivity index (χ2n) is 6.85. The van der Waals surface area contributed by atoms with E-state index in [0.717, 1.165) is 11.1 Å². The molecule has 1 unspecified atom stereocenters. The summed E-state index contributed by atoms with van der Waals surface area (Å²) in [6.45, 7) is 6.66. The van der Waals surface area contributed by atoms with Gasteiger partial charge in [-0.3, -0.25) is 9.59 Å². The van der Waals surface area contributed by atoms with Crippen molar-refractivity contribution in [2.75, 3.05) is 12.3 Å². The average Bonchev–Trinajstić information content (AvgIpc) is 2.70. The van der Waals surface area contributed by atoms with Crippen LogP contribution in [0.1, 0.15) is 37.0 Å². The molecule has 2 amide bonds. The molecule has 0 aliphatic heterocycles. The van der Waals surface area contributed by atoms with Gasteiger partial charge in [-0.05, 0) is 43.0 Å². The van der Waals surface area contributed by atoms with Gasteiger partial charge in [0.1, 0.15) is 11.9 Å². The lowest BCUT2D eigenvalue weighted by molar-refractivity contribution is -0.139. The maximum absolute atomic E-state index is 13.8. The maximum atomic E-state index is 13.8. The Morgan fingerprint density at radius 3 is 2.34 bits per heavy atom. The number of rotatable bonds is 10. The van der Waals surface area contributed by atoms with E-state index in [1.165, 1.54) is 17.8 Å². The Bertz CT molecular complexity index is 828. The molecular formula is C23H29FN2O2S. The smallest absolute Gasteiger partial charge is 0.242 e. The molecule has 156 valence electrons. The second kappa shape index (κ2) is 11.6. The molecule has 6 heteroatoms. The zero-order valence-electron chi connectivity index (χ0n) is 17.3. The fraction of sp³-hybridized carbons (Fsp3) is 0.391. The second-order valence-corrected chi connectivity index (χ2v) is 7.84. The normalized spacial score (nSPS) is 11.7. The van der Waals surface area contributed by atoms with Gasteiger partial charge in [0.2, 0.25) is 11.8 Å². The van der Waals surface area contributed by atoms with E-state index in [1.54, 1.807) is 23.1 Å². The van der Waals surface area contributed by atoms with Crippen LogP contribution in [-0.4, -0.2) is 35.1 Å². The lowest BCUT2D eigenvalue weighted by Crippen LogP contribution is -2.49. The summed E-state index contributed by atoms with van der Waals surface area (Å²) in [6.07, 6.45) is 0.529. The van der Waals surface area contributed by atoms with E-state index in [1.807, 2.05) is 45.0 Å². The van der Waals surface area contributed by atoms with Gasteiger partial charge in [0.05, 0.1) is 5.75 Å². The molecule has 2 aromatic rings. The molecule has 29 heavy (non-hydrogen) atoms. The Morgan fingerprint density at radius 2 is 1.72 bits per heavy atom. The molecule has 0 radical (unpaired) electrons. The monoisotopic (exact) mass is 416 g/mol. The number of nitrogens with one attached hydrogen (secondary N) is 1. The molecule has 1 N–H and O–H groups in total. The Hall–Kier alpha value is -2.34. The average molecular weight is 417 g/mol. The van der Waals surface area contributed by atoms with Crippen LogP contribution in [0.25, 0.3) is 0 Å². The van der Waals surface area contributed by atoms with E-state index in [9.17, 15) is 14.0 Å². The van der Waals surface area contributed by atoms with Gasteiger partial charge >= 0.3 is 0 Å². The molecule has 0 saturated carbocycles. The predicted octanol–water partition coefficient (Wildman–Crippen LogP) is 4.31. The Kier molecular flexibility index (Phi) is 9.19. The summed E-state index contributed by atoms with van der Waals surface area (Å²) in [5, 5.41) is 2.83. The zero-order chi connectivity index (χ0) is 21.2. The molecule has 2 aromatic carbocycles. The number of likely N-dealkylation sites (N-methyl/N-ethyl adjacent to an activating group) is 1. The van der Waals surface area contributed by atoms with Gasteiger partial charge in [0.25, 0.3) is 0 Å². The molecule has 0 heterocycles. The van der Waals surface area contributed by atoms with Crippen molar-refractivity contribution >= 4 is 23.6 Å². The first-order chi connectivity index (χ1) is 14.0. The lowest BCUT2D eigenvalue weighted by Gasteiger charge is -2.31. The van der Waals surface area contributed by atoms with Gasteiger partial charge in [0, 0.05) is 18.8 Å². The summed E-state index contributed by atoms with van der Waals surface area (Å²) < 4.78 is 13.8. The van der Waals surface area contributed by atoms with Crippen molar-refractivity contribution in [2.45, 2.75) is 45.5 Å². The topological polar surface area (TPSA) is 49.4 Å². The number of benzene rings is 2. The molecule has 0 spiro atoms. The number of hydrogen-bond acceptors (Lipinski definition) is 3. The first kappa shape index (κ1) is 22.9. The standard InChI is InChI=1S/C23H29FN2O2S/c1-4-21(23(28)25-5-2)26(14-18-11-7-6-10-17(18)3)22(27)16-29-15-19-12-8-9-13-20(19)24/h6-13,21H,4-5,14-16H2,1-3H3,(H,25,28). The number of hydrogen-bond donors (Lipinski definition) is 1. The number of halogens is 1. The zero-order valence-corrected chi connectivity index (χ0v) is 18.1. The number of nitrogens with zero attached hydrogens (tertiary/aromatic N) is 1. The molecule has 0 aromatic heterocycles. The van der Waals surface area contributed by atoms with Crippen LogP contribution < -0.4 is 5.32 Å². The van der Waals surface area contributed by atoms with E-state index in [-0.39, 0.29) is 23.4 Å². The summed E-state index contributed by atoms with van der Waals surface area (Å²) in [4.78, 5) is 27.3. The van der Waals surface area contributed by atoms with Gasteiger partial charge < -0.3 is 10.2 Å². The third-order valence-electron chi connectivity index (χ3n) is 4.78. The number of amides is 2. The third kappa shape index (κ3) is 6.60. The van der Waals surface area contributed by atoms with Crippen LogP contribution >= 0.6 is 11.8 Å². The first-order valence-electron chi connectivity index (χ1n) is 9.90. The van der Waals surface area contributed by atoms with E-state index in [0.29, 0.717) is 30.8 Å². The minimum absolute atomic E-state index is 0.118. The number of carbonyl (C=O) groups excluding carboxylic acids is 2. The molecule has 0 saturated heterocycles. The predicted molar refractivity (Wildman–Crippen MR) is 117 cm³/mol. The largest absolute Gasteiger partial charge is 0.355 e. The van der Waals surface area contributed by atoms with Gasteiger partial charge in [-0.25, -0.2) is 4.39 Å². The quantitative estimate of drug-likeness (QED) is 0.628. The van der Waals surface area contributed by atoms with Crippen molar-refractivity contribution in [3.05, 3.63) is 71.0 Å². The van der Waals surface area contributed by atoms with Gasteiger partial charge in [-0.2, -0.15) is 0 Å². The van der Waals surface area contributed by atoms with Crippen molar-refractivity contribution in [2.24, 2.45) is 0 Å². The van der Waals surface area contributed by atoms with Crippen LogP contribution in [-0.2, 0) is 21.9 Å². The van der Waals surface area contributed by atoms with E-state index < -0.39 is 6.04 Å². The molecule has 0 bridgehead atoms. The molecule has 2 rings (SSSR count). The number of aryl methyl sites for hydroxylation is 1. The van der Waals surface area contributed by atoms with Crippen LogP contribution in [0.3, 0.4) is 0 Å². The molecule has 4 nitrogen and oxygen atoms in total. The molecule has 0 aliphatic carbocycles. The van der Waals surface area contributed by atoms with Crippen LogP contribution in [0, 0.1) is 12.7 Å². The fourth-order valence-electron chi connectivity index (χ4n) is 3.13. The summed E-state index contributed by atoms with van der Waals surface area (Å²) in [7, 11) is 0. The van der Waals surface area contributed by atoms with E-state index in [4.69, 9.17) is 0 Å². The van der Waals surface area contributed by atoms with Crippen LogP contribution in [0.2, 0.25) is 0 Å². The van der Waals surface area contributed by atoms with Gasteiger partial charge in [-0.1, -0.05) is 49.4 Å². The fourth-order valence-corrected chi connectivity index (χ4v) is 4.03. The first-order valence-corrected chi connectivity index (χ1v) is 11.1. The Labute approximate surface area is 176 Å². The van der Waals surface area contributed by atoms with Gasteiger partial charge in [0.15, 0.2) is 0 Å². The minimum atomic E-state index is -0.531. The highest BCUT2D eigenvalue weighted by molar-refractivity contribution is 7.99. The van der Waals surface area contributed by atoms with Gasteiger partial charge in [-0.15, -0.1) is 11.8 Å². The molecular weight excluding hydrogens is 387 g/mol. The Balaban J connectivity index is 2.14. The van der Waals surface area contributed by atoms with Crippen molar-refractivity contribution < 1.29 is 14.0 Å². The number of thioether (sulfide) groups is 1. The molecule has 0 aliphatic rings. The van der Waals surface area contributed by atoms with Crippen molar-refractivity contribution in [1.82, 2.24) is 10.2 Å². The van der Waals surface area contributed by atoms with Crippen LogP contribution in [0.15, 0.2) is 48.5 Å². The molecule has 0 fully saturated rings. The Morgan fingerprint density at radius 1 is 1.07 bits per heavy atom. The summed E-state index contributed by atoms with van der Waals surface area (Å²) in [5.41, 5.74) is 2.67. The summed E-state index contributed by atoms with van der Waals surface area (Å²) >= 11 is 1.36. The molecule has 1 atom stereocenters. The van der Waals surface area contributed by atoms with Crippen LogP contribution in [0.4, 0.5) is 4.39 Å². The van der Waals surface area contributed by atoms with Crippen molar-refractivity contribution in [1.29, 1.82) is 0 Å². The van der Waals surface area contributed by atoms with E-state index >= 15 is 0 Å².